The first-order valence-corrected chi connectivity index (χ1v) is 9.45. The highest BCUT2D eigenvalue weighted by Crippen LogP contribution is 2.24. The first-order chi connectivity index (χ1) is 10.1. The van der Waals surface area contributed by atoms with Crippen LogP contribution in [0.3, 0.4) is 0 Å². The fourth-order valence-corrected chi connectivity index (χ4v) is 4.73. The summed E-state index contributed by atoms with van der Waals surface area (Å²) in [5.41, 5.74) is 0. The number of hydrogen-bond donors (Lipinski definition) is 1. The second-order valence-corrected chi connectivity index (χ2v) is 7.95. The van der Waals surface area contributed by atoms with Gasteiger partial charge in [-0.2, -0.15) is 17.0 Å². The molecule has 7 heteroatoms. The zero-order chi connectivity index (χ0) is 15.3. The molecule has 2 aliphatic rings. The van der Waals surface area contributed by atoms with Crippen molar-refractivity contribution in [2.45, 2.75) is 45.1 Å². The smallest absolute Gasteiger partial charge is 0.282 e. The SMILES string of the molecule is CCCOC1CCCN(S(=O)(=O)N2CCC(CO)CC2)C1. The van der Waals surface area contributed by atoms with E-state index in [2.05, 4.69) is 6.92 Å². The predicted octanol–water partition coefficient (Wildman–Crippen LogP) is 0.827. The van der Waals surface area contributed by atoms with Gasteiger partial charge in [-0.1, -0.05) is 6.92 Å². The fourth-order valence-electron chi connectivity index (χ4n) is 3.02. The lowest BCUT2D eigenvalue weighted by atomic mass is 10.00. The molecule has 0 spiro atoms. The van der Waals surface area contributed by atoms with Crippen molar-refractivity contribution in [3.05, 3.63) is 0 Å². The average Bonchev–Trinajstić information content (AvgIpc) is 2.53. The average molecular weight is 320 g/mol. The zero-order valence-corrected chi connectivity index (χ0v) is 13.7. The van der Waals surface area contributed by atoms with Crippen molar-refractivity contribution < 1.29 is 18.3 Å². The van der Waals surface area contributed by atoms with Gasteiger partial charge in [0.2, 0.25) is 0 Å². The van der Waals surface area contributed by atoms with Gasteiger partial charge in [0.05, 0.1) is 6.10 Å². The first-order valence-electron chi connectivity index (χ1n) is 8.05. The molecular weight excluding hydrogens is 292 g/mol. The molecule has 1 N–H and O–H groups in total. The van der Waals surface area contributed by atoms with E-state index in [-0.39, 0.29) is 18.6 Å². The standard InChI is InChI=1S/C14H28N2O4S/c1-2-10-20-14-4-3-7-16(11-14)21(18,19)15-8-5-13(12-17)6-9-15/h13-14,17H,2-12H2,1H3. The number of ether oxygens (including phenoxy) is 1. The molecule has 0 aliphatic carbocycles. The van der Waals surface area contributed by atoms with Gasteiger partial charge in [-0.3, -0.25) is 0 Å². The normalized spacial score (nSPS) is 27.0. The number of aliphatic hydroxyl groups excluding tert-OH is 1. The Morgan fingerprint density at radius 3 is 2.48 bits per heavy atom. The maximum Gasteiger partial charge on any atom is 0.282 e. The minimum atomic E-state index is -3.37. The lowest BCUT2D eigenvalue weighted by Gasteiger charge is -2.37. The Labute approximate surface area is 128 Å². The van der Waals surface area contributed by atoms with Crippen LogP contribution in [0.4, 0.5) is 0 Å². The van der Waals surface area contributed by atoms with Gasteiger partial charge in [-0.25, -0.2) is 0 Å². The van der Waals surface area contributed by atoms with E-state index in [4.69, 9.17) is 9.84 Å². The zero-order valence-electron chi connectivity index (χ0n) is 12.9. The summed E-state index contributed by atoms with van der Waals surface area (Å²) in [5, 5.41) is 9.15. The van der Waals surface area contributed by atoms with E-state index < -0.39 is 10.2 Å². The maximum absolute atomic E-state index is 12.7. The maximum atomic E-state index is 12.7. The molecule has 2 fully saturated rings. The first kappa shape index (κ1) is 17.1. The molecule has 0 amide bonds. The minimum absolute atomic E-state index is 0.0310. The van der Waals surface area contributed by atoms with Crippen LogP contribution in [-0.4, -0.2) is 67.6 Å². The molecule has 0 bridgehead atoms. The Morgan fingerprint density at radius 1 is 1.14 bits per heavy atom. The lowest BCUT2D eigenvalue weighted by Crippen LogP contribution is -2.51. The number of hydrogen-bond acceptors (Lipinski definition) is 4. The van der Waals surface area contributed by atoms with E-state index in [9.17, 15) is 8.42 Å². The second kappa shape index (κ2) is 7.87. The molecule has 0 aromatic rings. The monoisotopic (exact) mass is 320 g/mol. The predicted molar refractivity (Wildman–Crippen MR) is 81.1 cm³/mol. The molecule has 21 heavy (non-hydrogen) atoms. The number of aliphatic hydroxyl groups is 1. The van der Waals surface area contributed by atoms with Crippen LogP contribution in [0.5, 0.6) is 0 Å². The van der Waals surface area contributed by atoms with Crippen molar-refractivity contribution >= 4 is 10.2 Å². The Kier molecular flexibility index (Phi) is 6.43. The van der Waals surface area contributed by atoms with Crippen LogP contribution >= 0.6 is 0 Å². The summed E-state index contributed by atoms with van der Waals surface area (Å²) in [5.74, 6) is 0.249. The molecule has 2 saturated heterocycles. The lowest BCUT2D eigenvalue weighted by molar-refractivity contribution is 0.0177. The van der Waals surface area contributed by atoms with Crippen molar-refractivity contribution in [1.29, 1.82) is 0 Å². The Hall–Kier alpha value is -0.210. The highest BCUT2D eigenvalue weighted by atomic mass is 32.2. The largest absolute Gasteiger partial charge is 0.396 e. The topological polar surface area (TPSA) is 70.1 Å². The highest BCUT2D eigenvalue weighted by molar-refractivity contribution is 7.86. The van der Waals surface area contributed by atoms with E-state index in [1.165, 1.54) is 0 Å². The molecule has 2 rings (SSSR count). The van der Waals surface area contributed by atoms with Crippen molar-refractivity contribution in [3.8, 4) is 0 Å². The summed E-state index contributed by atoms with van der Waals surface area (Å²) in [6, 6.07) is 0. The molecule has 2 heterocycles. The van der Waals surface area contributed by atoms with Crippen LogP contribution in [0.1, 0.15) is 39.0 Å². The molecule has 0 aromatic heterocycles. The summed E-state index contributed by atoms with van der Waals surface area (Å²) in [7, 11) is -3.37. The second-order valence-electron chi connectivity index (χ2n) is 6.03. The Morgan fingerprint density at radius 2 is 1.86 bits per heavy atom. The molecule has 0 aromatic carbocycles. The van der Waals surface area contributed by atoms with Gasteiger partial charge < -0.3 is 9.84 Å². The minimum Gasteiger partial charge on any atom is -0.396 e. The Bertz CT molecular complexity index is 407. The molecule has 124 valence electrons. The third kappa shape index (κ3) is 4.39. The Balaban J connectivity index is 1.92. The van der Waals surface area contributed by atoms with Crippen LogP contribution in [0.2, 0.25) is 0 Å². The van der Waals surface area contributed by atoms with Crippen LogP contribution < -0.4 is 0 Å². The van der Waals surface area contributed by atoms with Gasteiger partial charge in [0.1, 0.15) is 0 Å². The molecule has 0 radical (unpaired) electrons. The van der Waals surface area contributed by atoms with E-state index in [1.807, 2.05) is 0 Å². The number of piperidine rings is 2. The third-order valence-corrected chi connectivity index (χ3v) is 6.38. The van der Waals surface area contributed by atoms with Gasteiger partial charge in [-0.05, 0) is 38.0 Å². The van der Waals surface area contributed by atoms with Gasteiger partial charge >= 0.3 is 0 Å². The summed E-state index contributed by atoms with van der Waals surface area (Å²) in [6.45, 7) is 5.01. The summed E-state index contributed by atoms with van der Waals surface area (Å²) >= 11 is 0. The molecule has 1 unspecified atom stereocenters. The van der Waals surface area contributed by atoms with E-state index in [1.54, 1.807) is 8.61 Å². The van der Waals surface area contributed by atoms with E-state index in [0.29, 0.717) is 32.8 Å². The van der Waals surface area contributed by atoms with Crippen LogP contribution in [0.25, 0.3) is 0 Å². The number of nitrogens with zero attached hydrogens (tertiary/aromatic N) is 2. The molecule has 2 aliphatic heterocycles. The molecular formula is C14H28N2O4S. The van der Waals surface area contributed by atoms with E-state index >= 15 is 0 Å². The summed E-state index contributed by atoms with van der Waals surface area (Å²) in [4.78, 5) is 0. The number of rotatable bonds is 6. The van der Waals surface area contributed by atoms with Crippen molar-refractivity contribution in [2.75, 3.05) is 39.4 Å². The molecule has 6 nitrogen and oxygen atoms in total. The van der Waals surface area contributed by atoms with Gasteiger partial charge in [-0.15, -0.1) is 0 Å². The molecule has 0 saturated carbocycles. The van der Waals surface area contributed by atoms with Crippen molar-refractivity contribution in [3.63, 3.8) is 0 Å². The van der Waals surface area contributed by atoms with Gasteiger partial charge in [0, 0.05) is 39.4 Å². The summed E-state index contributed by atoms with van der Waals surface area (Å²) in [6.07, 6.45) is 4.29. The molecule has 1 atom stereocenters. The van der Waals surface area contributed by atoms with Gasteiger partial charge in [0.15, 0.2) is 0 Å². The van der Waals surface area contributed by atoms with Gasteiger partial charge in [0.25, 0.3) is 10.2 Å². The van der Waals surface area contributed by atoms with Crippen LogP contribution in [-0.2, 0) is 14.9 Å². The third-order valence-electron chi connectivity index (χ3n) is 4.38. The van der Waals surface area contributed by atoms with Crippen LogP contribution in [0.15, 0.2) is 0 Å². The summed E-state index contributed by atoms with van der Waals surface area (Å²) < 4.78 is 34.2. The quantitative estimate of drug-likeness (QED) is 0.787. The van der Waals surface area contributed by atoms with Crippen LogP contribution in [0, 0.1) is 5.92 Å². The van der Waals surface area contributed by atoms with E-state index in [0.717, 1.165) is 32.1 Å². The van der Waals surface area contributed by atoms with Crippen molar-refractivity contribution in [1.82, 2.24) is 8.61 Å². The highest BCUT2D eigenvalue weighted by Gasteiger charge is 2.35. The van der Waals surface area contributed by atoms with Crippen molar-refractivity contribution in [2.24, 2.45) is 5.92 Å². The fraction of sp³-hybridized carbons (Fsp3) is 1.00.